The number of nitrogens with zero attached hydrogens (tertiary/aromatic N) is 2. The average molecular weight is 396 g/mol. The predicted octanol–water partition coefficient (Wildman–Crippen LogP) is 3.90. The van der Waals surface area contributed by atoms with Crippen molar-refractivity contribution in [3.05, 3.63) is 70.8 Å². The normalized spacial score (nSPS) is 15.3. The third-order valence-electron chi connectivity index (χ3n) is 5.34. The van der Waals surface area contributed by atoms with Crippen LogP contribution in [0.2, 0.25) is 0 Å². The SMILES string of the molecule is CN=C(NCc1cccc(COC2CCOCC2)c1)N(C)Cc1ccccc1C. The molecule has 0 aromatic heterocycles. The summed E-state index contributed by atoms with van der Waals surface area (Å²) < 4.78 is 11.4. The highest BCUT2D eigenvalue weighted by molar-refractivity contribution is 5.79. The molecule has 0 radical (unpaired) electrons. The van der Waals surface area contributed by atoms with E-state index < -0.39 is 0 Å². The van der Waals surface area contributed by atoms with Crippen LogP contribution in [-0.2, 0) is 29.2 Å². The van der Waals surface area contributed by atoms with Gasteiger partial charge in [-0.2, -0.15) is 0 Å². The fourth-order valence-corrected chi connectivity index (χ4v) is 3.57. The summed E-state index contributed by atoms with van der Waals surface area (Å²) in [6.07, 6.45) is 2.30. The summed E-state index contributed by atoms with van der Waals surface area (Å²) in [5, 5.41) is 3.48. The molecule has 0 saturated carbocycles. The Morgan fingerprint density at radius 2 is 1.90 bits per heavy atom. The molecule has 0 bridgehead atoms. The van der Waals surface area contributed by atoms with Gasteiger partial charge >= 0.3 is 0 Å². The lowest BCUT2D eigenvalue weighted by molar-refractivity contribution is -0.0390. The first-order chi connectivity index (χ1) is 14.2. The third-order valence-corrected chi connectivity index (χ3v) is 5.34. The number of rotatable bonds is 7. The number of aryl methyl sites for hydroxylation is 1. The van der Waals surface area contributed by atoms with E-state index in [2.05, 4.69) is 77.7 Å². The van der Waals surface area contributed by atoms with Crippen molar-refractivity contribution >= 4 is 5.96 Å². The summed E-state index contributed by atoms with van der Waals surface area (Å²) in [4.78, 5) is 6.60. The van der Waals surface area contributed by atoms with E-state index in [1.165, 1.54) is 22.3 Å². The second-order valence-electron chi connectivity index (χ2n) is 7.63. The van der Waals surface area contributed by atoms with Gasteiger partial charge in [-0.05, 0) is 42.0 Å². The Balaban J connectivity index is 1.51. The lowest BCUT2D eigenvalue weighted by Gasteiger charge is -2.23. The number of aliphatic imine (C=N–C) groups is 1. The van der Waals surface area contributed by atoms with Crippen LogP contribution in [0.15, 0.2) is 53.5 Å². The molecule has 156 valence electrons. The summed E-state index contributed by atoms with van der Waals surface area (Å²) in [5.74, 6) is 0.886. The van der Waals surface area contributed by atoms with Crippen LogP contribution in [0.1, 0.15) is 35.1 Å². The first-order valence-electron chi connectivity index (χ1n) is 10.4. The van der Waals surface area contributed by atoms with Crippen LogP contribution in [-0.4, -0.2) is 44.3 Å². The number of hydrogen-bond acceptors (Lipinski definition) is 3. The molecule has 1 N–H and O–H groups in total. The van der Waals surface area contributed by atoms with E-state index in [1.54, 1.807) is 0 Å². The first kappa shape index (κ1) is 21.3. The Bertz CT molecular complexity index is 800. The van der Waals surface area contributed by atoms with E-state index in [1.807, 2.05) is 7.05 Å². The van der Waals surface area contributed by atoms with Gasteiger partial charge in [0.2, 0.25) is 0 Å². The van der Waals surface area contributed by atoms with Crippen molar-refractivity contribution in [3.8, 4) is 0 Å². The number of guanidine groups is 1. The maximum atomic E-state index is 6.05. The minimum atomic E-state index is 0.319. The standard InChI is InChI=1S/C24H33N3O2/c1-19-7-4-5-10-22(19)17-27(3)24(25-2)26-16-20-8-6-9-21(15-20)18-29-23-11-13-28-14-12-23/h4-10,15,23H,11-14,16-18H2,1-3H3,(H,25,26). The quantitative estimate of drug-likeness (QED) is 0.571. The van der Waals surface area contributed by atoms with Gasteiger partial charge in [0.15, 0.2) is 5.96 Å². The molecule has 1 saturated heterocycles. The molecule has 0 aliphatic carbocycles. The lowest BCUT2D eigenvalue weighted by atomic mass is 10.1. The molecule has 5 heteroatoms. The van der Waals surface area contributed by atoms with E-state index in [4.69, 9.17) is 9.47 Å². The monoisotopic (exact) mass is 395 g/mol. The van der Waals surface area contributed by atoms with Crippen molar-refractivity contribution in [1.29, 1.82) is 0 Å². The zero-order valence-corrected chi connectivity index (χ0v) is 17.9. The van der Waals surface area contributed by atoms with Crippen LogP contribution in [0.5, 0.6) is 0 Å². The van der Waals surface area contributed by atoms with Crippen LogP contribution in [0.4, 0.5) is 0 Å². The fourth-order valence-electron chi connectivity index (χ4n) is 3.57. The van der Waals surface area contributed by atoms with Gasteiger partial charge in [-0.1, -0.05) is 48.5 Å². The van der Waals surface area contributed by atoms with Crippen LogP contribution >= 0.6 is 0 Å². The highest BCUT2D eigenvalue weighted by atomic mass is 16.5. The molecule has 5 nitrogen and oxygen atoms in total. The molecular formula is C24H33N3O2. The number of benzene rings is 2. The topological polar surface area (TPSA) is 46.1 Å². The molecule has 1 fully saturated rings. The van der Waals surface area contributed by atoms with Crippen molar-refractivity contribution in [2.75, 3.05) is 27.3 Å². The van der Waals surface area contributed by atoms with Crippen LogP contribution in [0.25, 0.3) is 0 Å². The molecular weight excluding hydrogens is 362 g/mol. The van der Waals surface area contributed by atoms with Gasteiger partial charge in [-0.3, -0.25) is 4.99 Å². The zero-order chi connectivity index (χ0) is 20.5. The van der Waals surface area contributed by atoms with Gasteiger partial charge in [0.25, 0.3) is 0 Å². The van der Waals surface area contributed by atoms with Crippen molar-refractivity contribution in [3.63, 3.8) is 0 Å². The summed E-state index contributed by atoms with van der Waals surface area (Å²) in [6, 6.07) is 17.0. The predicted molar refractivity (Wildman–Crippen MR) is 118 cm³/mol. The Morgan fingerprint density at radius 3 is 2.66 bits per heavy atom. The lowest BCUT2D eigenvalue weighted by Crippen LogP contribution is -2.38. The molecule has 1 heterocycles. The van der Waals surface area contributed by atoms with Crippen molar-refractivity contribution in [2.24, 2.45) is 4.99 Å². The Labute approximate surface area is 174 Å². The molecule has 0 atom stereocenters. The minimum absolute atomic E-state index is 0.319. The van der Waals surface area contributed by atoms with E-state index in [9.17, 15) is 0 Å². The molecule has 0 spiro atoms. The smallest absolute Gasteiger partial charge is 0.193 e. The number of ether oxygens (including phenoxy) is 2. The zero-order valence-electron chi connectivity index (χ0n) is 17.9. The fraction of sp³-hybridized carbons (Fsp3) is 0.458. The highest BCUT2D eigenvalue weighted by Crippen LogP contribution is 2.14. The molecule has 2 aromatic carbocycles. The average Bonchev–Trinajstić information content (AvgIpc) is 2.75. The summed E-state index contributed by atoms with van der Waals surface area (Å²) in [6.45, 7) is 5.97. The minimum Gasteiger partial charge on any atom is -0.381 e. The van der Waals surface area contributed by atoms with Crippen molar-refractivity contribution in [2.45, 2.75) is 45.6 Å². The molecule has 0 unspecified atom stereocenters. The number of hydrogen-bond donors (Lipinski definition) is 1. The van der Waals surface area contributed by atoms with E-state index in [0.717, 1.165) is 45.1 Å². The van der Waals surface area contributed by atoms with E-state index in [-0.39, 0.29) is 0 Å². The largest absolute Gasteiger partial charge is 0.381 e. The van der Waals surface area contributed by atoms with Crippen molar-refractivity contribution < 1.29 is 9.47 Å². The van der Waals surface area contributed by atoms with Gasteiger partial charge in [0, 0.05) is 40.4 Å². The maximum absolute atomic E-state index is 6.05. The van der Waals surface area contributed by atoms with E-state index in [0.29, 0.717) is 12.7 Å². The number of nitrogens with one attached hydrogen (secondary N) is 1. The molecule has 3 rings (SSSR count). The second kappa shape index (κ2) is 11.0. The third kappa shape index (κ3) is 6.58. The van der Waals surface area contributed by atoms with Crippen LogP contribution < -0.4 is 5.32 Å². The maximum Gasteiger partial charge on any atom is 0.193 e. The first-order valence-corrected chi connectivity index (χ1v) is 10.4. The second-order valence-corrected chi connectivity index (χ2v) is 7.63. The van der Waals surface area contributed by atoms with Gasteiger partial charge < -0.3 is 19.7 Å². The van der Waals surface area contributed by atoms with Gasteiger partial charge in [0.05, 0.1) is 12.7 Å². The summed E-state index contributed by atoms with van der Waals surface area (Å²) >= 11 is 0. The highest BCUT2D eigenvalue weighted by Gasteiger charge is 2.14. The molecule has 2 aromatic rings. The van der Waals surface area contributed by atoms with Gasteiger partial charge in [0.1, 0.15) is 0 Å². The van der Waals surface area contributed by atoms with E-state index >= 15 is 0 Å². The van der Waals surface area contributed by atoms with Crippen LogP contribution in [0, 0.1) is 6.92 Å². The Kier molecular flexibility index (Phi) is 8.08. The molecule has 0 amide bonds. The van der Waals surface area contributed by atoms with Crippen molar-refractivity contribution in [1.82, 2.24) is 10.2 Å². The molecule has 1 aliphatic heterocycles. The van der Waals surface area contributed by atoms with Crippen LogP contribution in [0.3, 0.4) is 0 Å². The Hall–Kier alpha value is -2.37. The molecule has 29 heavy (non-hydrogen) atoms. The molecule has 1 aliphatic rings. The summed E-state index contributed by atoms with van der Waals surface area (Å²) in [5.41, 5.74) is 5.04. The van der Waals surface area contributed by atoms with Gasteiger partial charge in [-0.25, -0.2) is 0 Å². The summed E-state index contributed by atoms with van der Waals surface area (Å²) in [7, 11) is 3.90. The Morgan fingerprint density at radius 1 is 1.14 bits per heavy atom. The van der Waals surface area contributed by atoms with Gasteiger partial charge in [-0.15, -0.1) is 0 Å².